The van der Waals surface area contributed by atoms with E-state index in [9.17, 15) is 9.18 Å². The third-order valence-corrected chi connectivity index (χ3v) is 4.30. The second-order valence-corrected chi connectivity index (χ2v) is 6.06. The zero-order chi connectivity index (χ0) is 15.1. The van der Waals surface area contributed by atoms with Crippen molar-refractivity contribution in [2.24, 2.45) is 0 Å². The highest BCUT2D eigenvalue weighted by Crippen LogP contribution is 2.24. The maximum absolute atomic E-state index is 13.1. The predicted octanol–water partition coefficient (Wildman–Crippen LogP) is 4.13. The maximum atomic E-state index is 13.1. The minimum Gasteiger partial charge on any atom is -0.356 e. The molecule has 0 aliphatic rings. The third-order valence-electron chi connectivity index (χ3n) is 3.40. The molecule has 1 N–H and O–H groups in total. The number of thiophene rings is 1. The van der Waals surface area contributed by atoms with Gasteiger partial charge in [0.05, 0.1) is 5.92 Å². The number of hydrogen-bond donors (Lipinski definition) is 1. The topological polar surface area (TPSA) is 29.1 Å². The van der Waals surface area contributed by atoms with Gasteiger partial charge in [0.25, 0.3) is 0 Å². The van der Waals surface area contributed by atoms with Crippen LogP contribution in [0.5, 0.6) is 0 Å². The van der Waals surface area contributed by atoms with Crippen molar-refractivity contribution in [1.82, 2.24) is 5.32 Å². The maximum Gasteiger partial charge on any atom is 0.227 e. The van der Waals surface area contributed by atoms with E-state index < -0.39 is 0 Å². The van der Waals surface area contributed by atoms with Crippen LogP contribution in [0.15, 0.2) is 41.8 Å². The lowest BCUT2D eigenvalue weighted by atomic mass is 9.94. The molecule has 2 aromatic rings. The first-order valence-electron chi connectivity index (χ1n) is 7.26. The summed E-state index contributed by atoms with van der Waals surface area (Å²) in [4.78, 5) is 13.6. The van der Waals surface area contributed by atoms with Crippen molar-refractivity contribution < 1.29 is 9.18 Å². The SMILES string of the molecule is CCCCNC(=O)C(Cc1cccs1)c1ccc(F)cc1. The van der Waals surface area contributed by atoms with E-state index in [-0.39, 0.29) is 17.6 Å². The van der Waals surface area contributed by atoms with E-state index in [1.54, 1.807) is 23.5 Å². The number of carbonyl (C=O) groups is 1. The average molecular weight is 305 g/mol. The van der Waals surface area contributed by atoms with Gasteiger partial charge in [-0.25, -0.2) is 4.39 Å². The lowest BCUT2D eigenvalue weighted by Crippen LogP contribution is -2.31. The Labute approximate surface area is 129 Å². The van der Waals surface area contributed by atoms with Crippen LogP contribution in [0.4, 0.5) is 4.39 Å². The van der Waals surface area contributed by atoms with Gasteiger partial charge < -0.3 is 5.32 Å². The number of benzene rings is 1. The highest BCUT2D eigenvalue weighted by Gasteiger charge is 2.21. The molecular formula is C17H20FNOS. The molecule has 0 aliphatic carbocycles. The van der Waals surface area contributed by atoms with E-state index in [1.165, 1.54) is 12.1 Å². The van der Waals surface area contributed by atoms with Crippen molar-refractivity contribution in [3.05, 3.63) is 58.0 Å². The molecule has 0 saturated carbocycles. The van der Waals surface area contributed by atoms with Gasteiger partial charge in [-0.3, -0.25) is 4.79 Å². The van der Waals surface area contributed by atoms with Gasteiger partial charge in [0.1, 0.15) is 5.82 Å². The van der Waals surface area contributed by atoms with Crippen molar-refractivity contribution in [2.45, 2.75) is 32.1 Å². The zero-order valence-corrected chi connectivity index (χ0v) is 13.0. The Bertz CT molecular complexity index is 551. The Morgan fingerprint density at radius 2 is 2.05 bits per heavy atom. The highest BCUT2D eigenvalue weighted by molar-refractivity contribution is 7.09. The van der Waals surface area contributed by atoms with Crippen LogP contribution in [0, 0.1) is 5.82 Å². The van der Waals surface area contributed by atoms with Gasteiger partial charge in [0, 0.05) is 11.4 Å². The lowest BCUT2D eigenvalue weighted by Gasteiger charge is -2.16. The second-order valence-electron chi connectivity index (χ2n) is 5.03. The first-order valence-corrected chi connectivity index (χ1v) is 8.14. The van der Waals surface area contributed by atoms with E-state index >= 15 is 0 Å². The predicted molar refractivity (Wildman–Crippen MR) is 85.1 cm³/mol. The molecular weight excluding hydrogens is 285 g/mol. The molecule has 0 spiro atoms. The summed E-state index contributed by atoms with van der Waals surface area (Å²) in [6.07, 6.45) is 2.68. The summed E-state index contributed by atoms with van der Waals surface area (Å²) in [5.74, 6) is -0.524. The van der Waals surface area contributed by atoms with Crippen molar-refractivity contribution in [1.29, 1.82) is 0 Å². The molecule has 1 atom stereocenters. The Balaban J connectivity index is 2.13. The van der Waals surface area contributed by atoms with Crippen LogP contribution in [0.1, 0.15) is 36.1 Å². The van der Waals surface area contributed by atoms with Crippen molar-refractivity contribution in [3.8, 4) is 0 Å². The molecule has 21 heavy (non-hydrogen) atoms. The van der Waals surface area contributed by atoms with Crippen molar-refractivity contribution >= 4 is 17.2 Å². The van der Waals surface area contributed by atoms with E-state index in [0.29, 0.717) is 13.0 Å². The summed E-state index contributed by atoms with van der Waals surface area (Å²) in [7, 11) is 0. The van der Waals surface area contributed by atoms with Gasteiger partial charge in [-0.1, -0.05) is 31.5 Å². The molecule has 0 saturated heterocycles. The number of carbonyl (C=O) groups excluding carboxylic acids is 1. The van der Waals surface area contributed by atoms with Gasteiger partial charge >= 0.3 is 0 Å². The monoisotopic (exact) mass is 305 g/mol. The summed E-state index contributed by atoms with van der Waals surface area (Å²) in [5, 5.41) is 4.99. The minimum absolute atomic E-state index is 0.0171. The Morgan fingerprint density at radius 1 is 1.29 bits per heavy atom. The second kappa shape index (κ2) is 7.93. The molecule has 0 aliphatic heterocycles. The highest BCUT2D eigenvalue weighted by atomic mass is 32.1. The first kappa shape index (κ1) is 15.7. The third kappa shape index (κ3) is 4.67. The van der Waals surface area contributed by atoms with E-state index in [0.717, 1.165) is 23.3 Å². The van der Waals surface area contributed by atoms with Gasteiger partial charge in [-0.2, -0.15) is 0 Å². The van der Waals surface area contributed by atoms with Gasteiger partial charge in [-0.15, -0.1) is 11.3 Å². The summed E-state index contributed by atoms with van der Waals surface area (Å²) >= 11 is 1.64. The van der Waals surface area contributed by atoms with Crippen LogP contribution < -0.4 is 5.32 Å². The first-order chi connectivity index (χ1) is 10.2. The van der Waals surface area contributed by atoms with Crippen LogP contribution in [0.25, 0.3) is 0 Å². The lowest BCUT2D eigenvalue weighted by molar-refractivity contribution is -0.122. The molecule has 0 bridgehead atoms. The number of nitrogens with one attached hydrogen (secondary N) is 1. The van der Waals surface area contributed by atoms with Crippen LogP contribution in [-0.4, -0.2) is 12.5 Å². The number of rotatable bonds is 7. The quantitative estimate of drug-likeness (QED) is 0.766. The fraction of sp³-hybridized carbons (Fsp3) is 0.353. The molecule has 112 valence electrons. The van der Waals surface area contributed by atoms with Crippen LogP contribution in [0.3, 0.4) is 0 Å². The average Bonchev–Trinajstić information content (AvgIpc) is 2.99. The molecule has 4 heteroatoms. The molecule has 0 radical (unpaired) electrons. The van der Waals surface area contributed by atoms with Gasteiger partial charge in [0.2, 0.25) is 5.91 Å². The molecule has 1 heterocycles. The standard InChI is InChI=1S/C17H20FNOS/c1-2-3-10-19-17(20)16(12-15-5-4-11-21-15)13-6-8-14(18)9-7-13/h4-9,11,16H,2-3,10,12H2,1H3,(H,19,20). The van der Waals surface area contributed by atoms with E-state index in [1.807, 2.05) is 17.5 Å². The molecule has 1 unspecified atom stereocenters. The minimum atomic E-state index is -0.278. The van der Waals surface area contributed by atoms with Crippen molar-refractivity contribution in [2.75, 3.05) is 6.54 Å². The van der Waals surface area contributed by atoms with E-state index in [4.69, 9.17) is 0 Å². The Kier molecular flexibility index (Phi) is 5.93. The molecule has 2 nitrogen and oxygen atoms in total. The summed E-state index contributed by atoms with van der Waals surface area (Å²) in [5.41, 5.74) is 0.860. The fourth-order valence-corrected chi connectivity index (χ4v) is 2.95. The van der Waals surface area contributed by atoms with Gasteiger partial charge in [-0.05, 0) is 42.0 Å². The van der Waals surface area contributed by atoms with Crippen molar-refractivity contribution in [3.63, 3.8) is 0 Å². The van der Waals surface area contributed by atoms with Crippen LogP contribution in [0.2, 0.25) is 0 Å². The number of unbranched alkanes of at least 4 members (excludes halogenated alkanes) is 1. The normalized spacial score (nSPS) is 12.1. The molecule has 2 rings (SSSR count). The molecule has 1 aromatic carbocycles. The number of hydrogen-bond acceptors (Lipinski definition) is 2. The molecule has 1 aromatic heterocycles. The summed E-state index contributed by atoms with van der Waals surface area (Å²) in [6.45, 7) is 2.78. The largest absolute Gasteiger partial charge is 0.356 e. The smallest absolute Gasteiger partial charge is 0.227 e. The molecule has 0 fully saturated rings. The van der Waals surface area contributed by atoms with Crippen LogP contribution >= 0.6 is 11.3 Å². The molecule has 1 amide bonds. The fourth-order valence-electron chi connectivity index (χ4n) is 2.20. The summed E-state index contributed by atoms with van der Waals surface area (Å²) < 4.78 is 13.1. The Morgan fingerprint density at radius 3 is 2.67 bits per heavy atom. The van der Waals surface area contributed by atoms with E-state index in [2.05, 4.69) is 12.2 Å². The number of amides is 1. The van der Waals surface area contributed by atoms with Crippen LogP contribution in [-0.2, 0) is 11.2 Å². The van der Waals surface area contributed by atoms with Gasteiger partial charge in [0.15, 0.2) is 0 Å². The number of halogens is 1. The Hall–Kier alpha value is -1.68. The zero-order valence-electron chi connectivity index (χ0n) is 12.1. The summed E-state index contributed by atoms with van der Waals surface area (Å²) in [6, 6.07) is 10.2.